The van der Waals surface area contributed by atoms with E-state index in [1.807, 2.05) is 31.2 Å². The van der Waals surface area contributed by atoms with Gasteiger partial charge in [0.15, 0.2) is 5.65 Å². The lowest BCUT2D eigenvalue weighted by atomic mass is 10.1. The van der Waals surface area contributed by atoms with E-state index >= 15 is 0 Å². The van der Waals surface area contributed by atoms with Crippen molar-refractivity contribution in [3.63, 3.8) is 0 Å². The number of aromatic nitrogens is 5. The van der Waals surface area contributed by atoms with E-state index in [-0.39, 0.29) is 5.56 Å². The summed E-state index contributed by atoms with van der Waals surface area (Å²) in [6.07, 6.45) is 1.63. The van der Waals surface area contributed by atoms with Gasteiger partial charge >= 0.3 is 0 Å². The smallest absolute Gasteiger partial charge is 0.273 e. The molecule has 6 nitrogen and oxygen atoms in total. The molecule has 0 aliphatic rings. The third-order valence-electron chi connectivity index (χ3n) is 3.74. The Balaban J connectivity index is 1.98. The zero-order valence-electron chi connectivity index (χ0n) is 12.2. The SMILES string of the molecule is Cc1c(-c2cccc(Cl)c2)[nH]n2c(=O)cc(-c3ccn[nH]3)nc12. The highest BCUT2D eigenvalue weighted by atomic mass is 35.5. The largest absolute Gasteiger partial charge is 0.289 e. The third-order valence-corrected chi connectivity index (χ3v) is 3.98. The van der Waals surface area contributed by atoms with E-state index in [0.717, 1.165) is 16.8 Å². The lowest BCUT2D eigenvalue weighted by Gasteiger charge is -1.99. The monoisotopic (exact) mass is 325 g/mol. The van der Waals surface area contributed by atoms with Gasteiger partial charge in [0.2, 0.25) is 0 Å². The first kappa shape index (κ1) is 13.8. The van der Waals surface area contributed by atoms with Gasteiger partial charge in [0.05, 0.1) is 17.1 Å². The predicted octanol–water partition coefficient (Wildman–Crippen LogP) is 3.04. The molecule has 0 radical (unpaired) electrons. The molecule has 7 heteroatoms. The maximum absolute atomic E-state index is 12.4. The van der Waals surface area contributed by atoms with Crippen molar-refractivity contribution >= 4 is 17.2 Å². The van der Waals surface area contributed by atoms with Gasteiger partial charge < -0.3 is 0 Å². The Kier molecular flexibility index (Phi) is 3.06. The molecule has 4 aromatic rings. The summed E-state index contributed by atoms with van der Waals surface area (Å²) in [5, 5.41) is 10.5. The minimum absolute atomic E-state index is 0.184. The fraction of sp³-hybridized carbons (Fsp3) is 0.0625. The molecule has 3 heterocycles. The minimum atomic E-state index is -0.184. The first-order chi connectivity index (χ1) is 11.1. The van der Waals surface area contributed by atoms with Crippen LogP contribution in [0.2, 0.25) is 5.02 Å². The molecule has 0 spiro atoms. The van der Waals surface area contributed by atoms with Crippen molar-refractivity contribution in [1.29, 1.82) is 0 Å². The summed E-state index contributed by atoms with van der Waals surface area (Å²) < 4.78 is 1.44. The number of rotatable bonds is 2. The van der Waals surface area contributed by atoms with Gasteiger partial charge in [-0.15, -0.1) is 0 Å². The number of nitrogens with one attached hydrogen (secondary N) is 2. The van der Waals surface area contributed by atoms with Crippen LogP contribution in [0.25, 0.3) is 28.3 Å². The summed E-state index contributed by atoms with van der Waals surface area (Å²) in [6, 6.07) is 10.7. The summed E-state index contributed by atoms with van der Waals surface area (Å²) in [6.45, 7) is 1.92. The highest BCUT2D eigenvalue weighted by Gasteiger charge is 2.14. The highest BCUT2D eigenvalue weighted by Crippen LogP contribution is 2.26. The van der Waals surface area contributed by atoms with Crippen LogP contribution in [-0.2, 0) is 0 Å². The predicted molar refractivity (Wildman–Crippen MR) is 88.6 cm³/mol. The maximum Gasteiger partial charge on any atom is 0.273 e. The van der Waals surface area contributed by atoms with Crippen molar-refractivity contribution in [3.05, 3.63) is 63.5 Å². The van der Waals surface area contributed by atoms with Gasteiger partial charge in [-0.1, -0.05) is 23.7 Å². The lowest BCUT2D eigenvalue weighted by molar-refractivity contribution is 0.903. The Morgan fingerprint density at radius 2 is 2.09 bits per heavy atom. The average molecular weight is 326 g/mol. The quantitative estimate of drug-likeness (QED) is 0.594. The number of aromatic amines is 2. The van der Waals surface area contributed by atoms with E-state index in [4.69, 9.17) is 11.6 Å². The van der Waals surface area contributed by atoms with Crippen LogP contribution in [0.1, 0.15) is 5.56 Å². The number of H-pyrrole nitrogens is 2. The van der Waals surface area contributed by atoms with Crippen LogP contribution >= 0.6 is 11.6 Å². The molecular weight excluding hydrogens is 314 g/mol. The summed E-state index contributed by atoms with van der Waals surface area (Å²) >= 11 is 6.06. The first-order valence-corrected chi connectivity index (χ1v) is 7.39. The number of hydrogen-bond acceptors (Lipinski definition) is 3. The van der Waals surface area contributed by atoms with Crippen LogP contribution in [0.15, 0.2) is 47.4 Å². The van der Waals surface area contributed by atoms with Crippen molar-refractivity contribution in [2.24, 2.45) is 0 Å². The molecule has 2 N–H and O–H groups in total. The number of halogens is 1. The Hall–Kier alpha value is -2.86. The lowest BCUT2D eigenvalue weighted by Crippen LogP contribution is -2.14. The number of aryl methyl sites for hydroxylation is 1. The van der Waals surface area contributed by atoms with Gasteiger partial charge in [-0.3, -0.25) is 15.0 Å². The van der Waals surface area contributed by atoms with Crippen LogP contribution in [-0.4, -0.2) is 24.8 Å². The molecule has 0 fully saturated rings. The number of fused-ring (bicyclic) bond motifs is 1. The van der Waals surface area contributed by atoms with E-state index in [1.165, 1.54) is 10.6 Å². The Morgan fingerprint density at radius 3 is 2.83 bits per heavy atom. The van der Waals surface area contributed by atoms with E-state index in [0.29, 0.717) is 22.1 Å². The third kappa shape index (κ3) is 2.24. The summed E-state index contributed by atoms with van der Waals surface area (Å²) in [7, 11) is 0. The molecule has 0 bridgehead atoms. The zero-order valence-corrected chi connectivity index (χ0v) is 12.9. The van der Waals surface area contributed by atoms with Gasteiger partial charge in [-0.2, -0.15) is 5.10 Å². The van der Waals surface area contributed by atoms with E-state index in [1.54, 1.807) is 12.3 Å². The number of hydrogen-bond donors (Lipinski definition) is 2. The van der Waals surface area contributed by atoms with E-state index in [9.17, 15) is 4.79 Å². The molecule has 0 atom stereocenters. The molecule has 0 aliphatic heterocycles. The molecule has 114 valence electrons. The highest BCUT2D eigenvalue weighted by molar-refractivity contribution is 6.30. The summed E-state index contributed by atoms with van der Waals surface area (Å²) in [5.74, 6) is 0. The van der Waals surface area contributed by atoms with Gasteiger partial charge in [0.25, 0.3) is 5.56 Å². The van der Waals surface area contributed by atoms with Crippen molar-refractivity contribution < 1.29 is 0 Å². The van der Waals surface area contributed by atoms with Crippen molar-refractivity contribution in [2.75, 3.05) is 0 Å². The molecule has 4 rings (SSSR count). The van der Waals surface area contributed by atoms with Crippen molar-refractivity contribution in [3.8, 4) is 22.6 Å². The Morgan fingerprint density at radius 1 is 1.22 bits per heavy atom. The van der Waals surface area contributed by atoms with Crippen molar-refractivity contribution in [2.45, 2.75) is 6.92 Å². The Bertz CT molecular complexity index is 1060. The normalized spacial score (nSPS) is 11.2. The summed E-state index contributed by atoms with van der Waals surface area (Å²) in [5.41, 5.74) is 4.27. The second-order valence-electron chi connectivity index (χ2n) is 5.23. The van der Waals surface area contributed by atoms with Crippen molar-refractivity contribution in [1.82, 2.24) is 24.8 Å². The zero-order chi connectivity index (χ0) is 16.0. The van der Waals surface area contributed by atoms with Crippen LogP contribution in [0, 0.1) is 6.92 Å². The van der Waals surface area contributed by atoms with Crippen LogP contribution in [0.5, 0.6) is 0 Å². The molecule has 0 aliphatic carbocycles. The van der Waals surface area contributed by atoms with E-state index in [2.05, 4.69) is 20.3 Å². The number of benzene rings is 1. The maximum atomic E-state index is 12.4. The van der Waals surface area contributed by atoms with Gasteiger partial charge in [-0.05, 0) is 25.1 Å². The molecule has 0 saturated carbocycles. The topological polar surface area (TPSA) is 78.8 Å². The second-order valence-corrected chi connectivity index (χ2v) is 5.67. The van der Waals surface area contributed by atoms with Crippen LogP contribution in [0.3, 0.4) is 0 Å². The van der Waals surface area contributed by atoms with Crippen LogP contribution < -0.4 is 5.56 Å². The van der Waals surface area contributed by atoms with Gasteiger partial charge in [0.1, 0.15) is 0 Å². The van der Waals surface area contributed by atoms with Gasteiger partial charge in [0, 0.05) is 28.4 Å². The molecule has 0 unspecified atom stereocenters. The van der Waals surface area contributed by atoms with E-state index < -0.39 is 0 Å². The number of nitrogens with zero attached hydrogens (tertiary/aromatic N) is 3. The summed E-state index contributed by atoms with van der Waals surface area (Å²) in [4.78, 5) is 17.0. The minimum Gasteiger partial charge on any atom is -0.289 e. The first-order valence-electron chi connectivity index (χ1n) is 7.01. The molecule has 0 amide bonds. The fourth-order valence-corrected chi connectivity index (χ4v) is 2.80. The standard InChI is InChI=1S/C16H12ClN5O/c1-9-15(10-3-2-4-11(17)7-10)21-22-14(23)8-13(19-16(9)22)12-5-6-18-20-12/h2-8,21H,1H3,(H,18,20). The Labute approximate surface area is 135 Å². The van der Waals surface area contributed by atoms with Gasteiger partial charge in [-0.25, -0.2) is 9.50 Å². The molecular formula is C16H12ClN5O. The molecule has 23 heavy (non-hydrogen) atoms. The van der Waals surface area contributed by atoms with Crippen LogP contribution in [0.4, 0.5) is 0 Å². The molecule has 0 saturated heterocycles. The molecule has 3 aromatic heterocycles. The second kappa shape index (κ2) is 5.10. The fourth-order valence-electron chi connectivity index (χ4n) is 2.61. The average Bonchev–Trinajstić information content (AvgIpc) is 3.16. The molecule has 1 aromatic carbocycles.